The molecule has 2 aromatic rings. The SMILES string of the molecule is Cc1cc(Sc2ccc(C#N)cc2)cc(F)c1F. The van der Waals surface area contributed by atoms with Crippen molar-refractivity contribution in [1.29, 1.82) is 5.26 Å². The predicted molar refractivity (Wildman–Crippen MR) is 66.4 cm³/mol. The van der Waals surface area contributed by atoms with E-state index >= 15 is 0 Å². The Labute approximate surface area is 108 Å². The Hall–Kier alpha value is -1.86. The highest BCUT2D eigenvalue weighted by atomic mass is 32.2. The summed E-state index contributed by atoms with van der Waals surface area (Å²) in [7, 11) is 0. The van der Waals surface area contributed by atoms with E-state index in [2.05, 4.69) is 0 Å². The van der Waals surface area contributed by atoms with Gasteiger partial charge in [-0.2, -0.15) is 5.26 Å². The van der Waals surface area contributed by atoms with Gasteiger partial charge in [0, 0.05) is 9.79 Å². The van der Waals surface area contributed by atoms with Gasteiger partial charge in [0.2, 0.25) is 0 Å². The van der Waals surface area contributed by atoms with E-state index in [0.29, 0.717) is 10.5 Å². The second-order valence-corrected chi connectivity index (χ2v) is 4.92. The molecular weight excluding hydrogens is 252 g/mol. The standard InChI is InChI=1S/C14H9F2NS/c1-9-6-12(7-13(15)14(9)16)18-11-4-2-10(8-17)3-5-11/h2-7H,1H3. The number of benzene rings is 2. The lowest BCUT2D eigenvalue weighted by atomic mass is 10.2. The van der Waals surface area contributed by atoms with Gasteiger partial charge in [0.05, 0.1) is 11.6 Å². The minimum absolute atomic E-state index is 0.283. The van der Waals surface area contributed by atoms with Gasteiger partial charge in [-0.05, 0) is 48.9 Å². The highest BCUT2D eigenvalue weighted by molar-refractivity contribution is 7.99. The van der Waals surface area contributed by atoms with Crippen molar-refractivity contribution in [2.75, 3.05) is 0 Å². The van der Waals surface area contributed by atoms with E-state index in [1.807, 2.05) is 6.07 Å². The molecule has 0 bridgehead atoms. The summed E-state index contributed by atoms with van der Waals surface area (Å²) in [5.41, 5.74) is 0.854. The van der Waals surface area contributed by atoms with Crippen LogP contribution < -0.4 is 0 Å². The Bertz CT molecular complexity index is 592. The molecule has 0 amide bonds. The molecule has 0 saturated heterocycles. The van der Waals surface area contributed by atoms with Gasteiger partial charge in [0.15, 0.2) is 11.6 Å². The van der Waals surface area contributed by atoms with Crippen molar-refractivity contribution in [3.8, 4) is 6.07 Å². The van der Waals surface area contributed by atoms with Gasteiger partial charge in [-0.1, -0.05) is 11.8 Å². The Morgan fingerprint density at radius 1 is 1.06 bits per heavy atom. The van der Waals surface area contributed by atoms with Gasteiger partial charge >= 0.3 is 0 Å². The van der Waals surface area contributed by atoms with E-state index in [-0.39, 0.29) is 5.56 Å². The topological polar surface area (TPSA) is 23.8 Å². The molecule has 0 aromatic heterocycles. The number of nitrogens with zero attached hydrogens (tertiary/aromatic N) is 1. The van der Waals surface area contributed by atoms with Crippen molar-refractivity contribution < 1.29 is 8.78 Å². The van der Waals surface area contributed by atoms with Crippen LogP contribution in [-0.2, 0) is 0 Å². The number of rotatable bonds is 2. The van der Waals surface area contributed by atoms with Crippen LogP contribution in [0.5, 0.6) is 0 Å². The minimum Gasteiger partial charge on any atom is -0.204 e. The van der Waals surface area contributed by atoms with E-state index in [4.69, 9.17) is 5.26 Å². The molecule has 0 N–H and O–H groups in total. The summed E-state index contributed by atoms with van der Waals surface area (Å²) in [5.74, 6) is -1.65. The molecule has 0 heterocycles. The van der Waals surface area contributed by atoms with Crippen LogP contribution >= 0.6 is 11.8 Å². The number of hydrogen-bond donors (Lipinski definition) is 0. The summed E-state index contributed by atoms with van der Waals surface area (Å²) in [6.45, 7) is 1.53. The second-order valence-electron chi connectivity index (χ2n) is 3.77. The fraction of sp³-hybridized carbons (Fsp3) is 0.0714. The lowest BCUT2D eigenvalue weighted by Gasteiger charge is -2.05. The average Bonchev–Trinajstić information content (AvgIpc) is 2.37. The maximum Gasteiger partial charge on any atom is 0.161 e. The molecule has 4 heteroatoms. The number of halogens is 2. The maximum atomic E-state index is 13.2. The molecule has 0 radical (unpaired) electrons. The first kappa shape index (κ1) is 12.6. The second kappa shape index (κ2) is 5.19. The van der Waals surface area contributed by atoms with Crippen molar-refractivity contribution in [3.05, 3.63) is 59.2 Å². The third kappa shape index (κ3) is 2.69. The largest absolute Gasteiger partial charge is 0.204 e. The number of nitriles is 1. The molecule has 0 aliphatic heterocycles. The third-order valence-electron chi connectivity index (χ3n) is 2.40. The zero-order valence-electron chi connectivity index (χ0n) is 9.58. The van der Waals surface area contributed by atoms with Crippen molar-refractivity contribution in [1.82, 2.24) is 0 Å². The van der Waals surface area contributed by atoms with Crippen molar-refractivity contribution in [2.24, 2.45) is 0 Å². The molecule has 0 unspecified atom stereocenters. The van der Waals surface area contributed by atoms with Crippen LogP contribution in [0.4, 0.5) is 8.78 Å². The lowest BCUT2D eigenvalue weighted by molar-refractivity contribution is 0.500. The summed E-state index contributed by atoms with van der Waals surface area (Å²) in [6.07, 6.45) is 0. The molecule has 1 nitrogen and oxygen atoms in total. The zero-order valence-corrected chi connectivity index (χ0v) is 10.4. The Kier molecular flexibility index (Phi) is 3.63. The Balaban J connectivity index is 2.26. The summed E-state index contributed by atoms with van der Waals surface area (Å²) >= 11 is 1.33. The predicted octanol–water partition coefficient (Wildman–Crippen LogP) is 4.30. The highest BCUT2D eigenvalue weighted by Crippen LogP contribution is 2.30. The summed E-state index contributed by atoms with van der Waals surface area (Å²) in [5, 5.41) is 8.67. The monoisotopic (exact) mass is 261 g/mol. The summed E-state index contributed by atoms with van der Waals surface area (Å²) < 4.78 is 26.4. The fourth-order valence-corrected chi connectivity index (χ4v) is 2.43. The smallest absolute Gasteiger partial charge is 0.161 e. The van der Waals surface area contributed by atoms with Gasteiger partial charge in [0.1, 0.15) is 0 Å². The number of aryl methyl sites for hydroxylation is 1. The van der Waals surface area contributed by atoms with E-state index in [1.165, 1.54) is 24.8 Å². The van der Waals surface area contributed by atoms with Crippen LogP contribution in [0.3, 0.4) is 0 Å². The Morgan fingerprint density at radius 2 is 1.72 bits per heavy atom. The number of hydrogen-bond acceptors (Lipinski definition) is 2. The molecule has 0 atom stereocenters. The van der Waals surface area contributed by atoms with E-state index < -0.39 is 11.6 Å². The molecule has 2 aromatic carbocycles. The molecule has 0 aliphatic carbocycles. The Morgan fingerprint density at radius 3 is 2.28 bits per heavy atom. The van der Waals surface area contributed by atoms with Crippen LogP contribution in [0, 0.1) is 29.9 Å². The third-order valence-corrected chi connectivity index (χ3v) is 3.38. The quantitative estimate of drug-likeness (QED) is 0.805. The van der Waals surface area contributed by atoms with Gasteiger partial charge in [-0.15, -0.1) is 0 Å². The van der Waals surface area contributed by atoms with E-state index in [9.17, 15) is 8.78 Å². The van der Waals surface area contributed by atoms with Crippen LogP contribution in [0.1, 0.15) is 11.1 Å². The normalized spacial score (nSPS) is 10.1. The van der Waals surface area contributed by atoms with Crippen molar-refractivity contribution in [2.45, 2.75) is 16.7 Å². The molecule has 2 rings (SSSR count). The first-order chi connectivity index (χ1) is 8.60. The molecular formula is C14H9F2NS. The van der Waals surface area contributed by atoms with E-state index in [0.717, 1.165) is 4.90 Å². The lowest BCUT2D eigenvalue weighted by Crippen LogP contribution is -1.89. The highest BCUT2D eigenvalue weighted by Gasteiger charge is 2.08. The van der Waals surface area contributed by atoms with Crippen LogP contribution in [0.25, 0.3) is 0 Å². The van der Waals surface area contributed by atoms with Gasteiger partial charge in [-0.25, -0.2) is 8.78 Å². The molecule has 90 valence electrons. The first-order valence-electron chi connectivity index (χ1n) is 5.24. The summed E-state index contributed by atoms with van der Waals surface area (Å²) in [4.78, 5) is 1.51. The van der Waals surface area contributed by atoms with Crippen molar-refractivity contribution in [3.63, 3.8) is 0 Å². The molecule has 0 saturated carbocycles. The van der Waals surface area contributed by atoms with Crippen LogP contribution in [0.15, 0.2) is 46.2 Å². The molecule has 18 heavy (non-hydrogen) atoms. The van der Waals surface area contributed by atoms with Crippen LogP contribution in [0.2, 0.25) is 0 Å². The van der Waals surface area contributed by atoms with Crippen LogP contribution in [-0.4, -0.2) is 0 Å². The zero-order chi connectivity index (χ0) is 13.1. The van der Waals surface area contributed by atoms with E-state index in [1.54, 1.807) is 30.3 Å². The maximum absolute atomic E-state index is 13.2. The minimum atomic E-state index is -0.842. The average molecular weight is 261 g/mol. The van der Waals surface area contributed by atoms with Gasteiger partial charge < -0.3 is 0 Å². The fourth-order valence-electron chi connectivity index (χ4n) is 1.49. The molecule has 0 fully saturated rings. The summed E-state index contributed by atoms with van der Waals surface area (Å²) in [6, 6.07) is 11.7. The van der Waals surface area contributed by atoms with Gasteiger partial charge in [-0.3, -0.25) is 0 Å². The molecule has 0 aliphatic rings. The first-order valence-corrected chi connectivity index (χ1v) is 6.05. The van der Waals surface area contributed by atoms with Gasteiger partial charge in [0.25, 0.3) is 0 Å². The molecule has 0 spiro atoms. The van der Waals surface area contributed by atoms with Crippen molar-refractivity contribution >= 4 is 11.8 Å².